The van der Waals surface area contributed by atoms with E-state index in [9.17, 15) is 9.18 Å². The first kappa shape index (κ1) is 22.7. The number of ether oxygens (including phenoxy) is 1. The van der Waals surface area contributed by atoms with Gasteiger partial charge in [0.1, 0.15) is 23.6 Å². The summed E-state index contributed by atoms with van der Waals surface area (Å²) in [7, 11) is 1.86. The van der Waals surface area contributed by atoms with Crippen LogP contribution in [0.15, 0.2) is 60.7 Å². The van der Waals surface area contributed by atoms with Gasteiger partial charge in [0.2, 0.25) is 5.91 Å². The normalized spacial score (nSPS) is 15.8. The van der Waals surface area contributed by atoms with Gasteiger partial charge in [-0.2, -0.15) is 0 Å². The van der Waals surface area contributed by atoms with Crippen LogP contribution in [0.3, 0.4) is 0 Å². The topological polar surface area (TPSA) is 70.6 Å². The van der Waals surface area contributed by atoms with Crippen LogP contribution in [-0.4, -0.2) is 54.1 Å². The summed E-state index contributed by atoms with van der Waals surface area (Å²) in [5.74, 6) is 1.16. The van der Waals surface area contributed by atoms with Crippen molar-refractivity contribution in [3.05, 3.63) is 77.9 Å². The van der Waals surface area contributed by atoms with E-state index in [1.54, 1.807) is 6.07 Å². The second-order valence-electron chi connectivity index (χ2n) is 8.09. The minimum Gasteiger partial charge on any atom is -0.374 e. The average Bonchev–Trinajstić information content (AvgIpc) is 2.82. The van der Waals surface area contributed by atoms with Crippen molar-refractivity contribution in [1.29, 1.82) is 0 Å². The molecule has 1 N–H and O–H groups in total. The molecule has 3 aromatic rings. The van der Waals surface area contributed by atoms with Crippen LogP contribution in [-0.2, 0) is 9.53 Å². The van der Waals surface area contributed by atoms with Gasteiger partial charge in [-0.25, -0.2) is 14.4 Å². The van der Waals surface area contributed by atoms with Gasteiger partial charge < -0.3 is 19.9 Å². The average molecular weight is 450 g/mol. The molecule has 1 amide bonds. The minimum atomic E-state index is -0.295. The predicted octanol–water partition coefficient (Wildman–Crippen LogP) is 4.09. The molecule has 0 saturated carbocycles. The number of carbonyl (C=O) groups is 1. The van der Waals surface area contributed by atoms with Gasteiger partial charge in [-0.15, -0.1) is 0 Å². The Labute approximate surface area is 193 Å². The number of halogens is 1. The molecule has 0 spiro atoms. The first-order valence-electron chi connectivity index (χ1n) is 11.0. The van der Waals surface area contributed by atoms with E-state index < -0.39 is 0 Å². The fraction of sp³-hybridized carbons (Fsp3) is 0.320. The van der Waals surface area contributed by atoms with Crippen LogP contribution in [0.1, 0.15) is 23.9 Å². The van der Waals surface area contributed by atoms with E-state index in [-0.39, 0.29) is 17.8 Å². The van der Waals surface area contributed by atoms with E-state index in [0.717, 1.165) is 22.9 Å². The number of aromatic nitrogens is 2. The molecule has 1 aliphatic heterocycles. The number of benzene rings is 1. The molecule has 3 heterocycles. The number of hydrogen-bond acceptors (Lipinski definition) is 6. The Hall–Kier alpha value is -3.52. The zero-order valence-corrected chi connectivity index (χ0v) is 18.9. The fourth-order valence-corrected chi connectivity index (χ4v) is 3.76. The second-order valence-corrected chi connectivity index (χ2v) is 8.09. The maximum atomic E-state index is 13.5. The highest BCUT2D eigenvalue weighted by Gasteiger charge is 2.26. The van der Waals surface area contributed by atoms with Crippen molar-refractivity contribution in [3.8, 4) is 0 Å². The van der Waals surface area contributed by atoms with E-state index in [4.69, 9.17) is 4.74 Å². The molecule has 0 radical (unpaired) electrons. The number of nitrogens with zero attached hydrogens (tertiary/aromatic N) is 4. The molecule has 0 aliphatic carbocycles. The molecule has 172 valence electrons. The SMILES string of the molecule is Cc1cccc(Nc2cccc([C@@H]3CN(C(=O)CCN(C)c4cccc(F)c4)CCO3)n2)n1. The third-order valence-corrected chi connectivity index (χ3v) is 5.57. The van der Waals surface area contributed by atoms with Gasteiger partial charge in [0.15, 0.2) is 0 Å². The van der Waals surface area contributed by atoms with Crippen molar-refractivity contribution in [2.24, 2.45) is 0 Å². The molecule has 1 aromatic carbocycles. The molecule has 1 atom stereocenters. The Balaban J connectivity index is 1.35. The monoisotopic (exact) mass is 449 g/mol. The number of rotatable bonds is 7. The van der Waals surface area contributed by atoms with Gasteiger partial charge in [0.05, 0.1) is 18.8 Å². The number of pyridine rings is 2. The minimum absolute atomic E-state index is 0.0461. The van der Waals surface area contributed by atoms with E-state index >= 15 is 0 Å². The van der Waals surface area contributed by atoms with Gasteiger partial charge >= 0.3 is 0 Å². The van der Waals surface area contributed by atoms with E-state index in [0.29, 0.717) is 38.5 Å². The zero-order chi connectivity index (χ0) is 23.2. The largest absolute Gasteiger partial charge is 0.374 e. The zero-order valence-electron chi connectivity index (χ0n) is 18.9. The van der Waals surface area contributed by atoms with Crippen molar-refractivity contribution in [1.82, 2.24) is 14.9 Å². The lowest BCUT2D eigenvalue weighted by molar-refractivity contribution is -0.138. The highest BCUT2D eigenvalue weighted by atomic mass is 19.1. The summed E-state index contributed by atoms with van der Waals surface area (Å²) in [6, 6.07) is 17.8. The molecular weight excluding hydrogens is 421 g/mol. The Morgan fingerprint density at radius 3 is 2.70 bits per heavy atom. The molecule has 0 bridgehead atoms. The number of morpholine rings is 1. The highest BCUT2D eigenvalue weighted by molar-refractivity contribution is 5.77. The Morgan fingerprint density at radius 2 is 1.91 bits per heavy atom. The summed E-state index contributed by atoms with van der Waals surface area (Å²) in [6.45, 7) is 3.89. The predicted molar refractivity (Wildman–Crippen MR) is 126 cm³/mol. The smallest absolute Gasteiger partial charge is 0.224 e. The Morgan fingerprint density at radius 1 is 1.15 bits per heavy atom. The summed E-state index contributed by atoms with van der Waals surface area (Å²) in [5.41, 5.74) is 2.44. The number of nitrogens with one attached hydrogen (secondary N) is 1. The standard InChI is InChI=1S/C25H28FN5O2/c1-18-6-3-10-23(27-18)29-24-11-5-9-21(28-24)22-17-31(14-15-33-22)25(32)12-13-30(2)20-8-4-7-19(26)16-20/h3-11,16,22H,12-15,17H2,1-2H3,(H,27,28,29)/t22-/m0/s1. The summed E-state index contributed by atoms with van der Waals surface area (Å²) >= 11 is 0. The van der Waals surface area contributed by atoms with Gasteiger partial charge in [-0.05, 0) is 49.4 Å². The van der Waals surface area contributed by atoms with Crippen molar-refractivity contribution in [2.45, 2.75) is 19.4 Å². The number of carbonyl (C=O) groups excluding carboxylic acids is 1. The maximum Gasteiger partial charge on any atom is 0.224 e. The molecular formula is C25H28FN5O2. The highest BCUT2D eigenvalue weighted by Crippen LogP contribution is 2.23. The van der Waals surface area contributed by atoms with Gasteiger partial charge in [0.25, 0.3) is 0 Å². The number of amides is 1. The second kappa shape index (κ2) is 10.4. The van der Waals surface area contributed by atoms with E-state index in [2.05, 4.69) is 15.3 Å². The summed E-state index contributed by atoms with van der Waals surface area (Å²) in [5, 5.41) is 3.22. The first-order valence-corrected chi connectivity index (χ1v) is 11.0. The van der Waals surface area contributed by atoms with E-state index in [1.807, 2.05) is 66.2 Å². The lowest BCUT2D eigenvalue weighted by atomic mass is 10.1. The molecule has 2 aromatic heterocycles. The number of aryl methyl sites for hydroxylation is 1. The van der Waals surface area contributed by atoms with Crippen molar-refractivity contribution in [2.75, 3.05) is 43.5 Å². The maximum absolute atomic E-state index is 13.5. The molecule has 4 rings (SSSR count). The van der Waals surface area contributed by atoms with Crippen LogP contribution in [0, 0.1) is 12.7 Å². The Bertz CT molecular complexity index is 1110. The van der Waals surface area contributed by atoms with Gasteiger partial charge in [-0.1, -0.05) is 18.2 Å². The molecule has 8 heteroatoms. The van der Waals surface area contributed by atoms with Gasteiger partial charge in [0, 0.05) is 37.9 Å². The van der Waals surface area contributed by atoms with Gasteiger partial charge in [-0.3, -0.25) is 4.79 Å². The molecule has 1 saturated heterocycles. The third kappa shape index (κ3) is 6.04. The van der Waals surface area contributed by atoms with Crippen LogP contribution >= 0.6 is 0 Å². The van der Waals surface area contributed by atoms with Crippen molar-refractivity contribution < 1.29 is 13.9 Å². The molecule has 7 nitrogen and oxygen atoms in total. The summed E-state index contributed by atoms with van der Waals surface area (Å²) in [4.78, 5) is 25.7. The third-order valence-electron chi connectivity index (χ3n) is 5.57. The fourth-order valence-electron chi connectivity index (χ4n) is 3.76. The van der Waals surface area contributed by atoms with Crippen molar-refractivity contribution in [3.63, 3.8) is 0 Å². The molecule has 1 aliphatic rings. The quantitative estimate of drug-likeness (QED) is 0.586. The Kier molecular flexibility index (Phi) is 7.14. The molecule has 0 unspecified atom stereocenters. The lowest BCUT2D eigenvalue weighted by Gasteiger charge is -2.33. The van der Waals surface area contributed by atoms with Crippen LogP contribution in [0.5, 0.6) is 0 Å². The number of hydrogen-bond donors (Lipinski definition) is 1. The van der Waals surface area contributed by atoms with Crippen LogP contribution < -0.4 is 10.2 Å². The summed E-state index contributed by atoms with van der Waals surface area (Å²) < 4.78 is 19.4. The lowest BCUT2D eigenvalue weighted by Crippen LogP contribution is -2.43. The first-order chi connectivity index (χ1) is 16.0. The summed E-state index contributed by atoms with van der Waals surface area (Å²) in [6.07, 6.45) is 0.0456. The number of anilines is 3. The van der Waals surface area contributed by atoms with Crippen molar-refractivity contribution >= 4 is 23.2 Å². The van der Waals surface area contributed by atoms with Crippen LogP contribution in [0.25, 0.3) is 0 Å². The molecule has 1 fully saturated rings. The molecule has 33 heavy (non-hydrogen) atoms. The van der Waals surface area contributed by atoms with Crippen LogP contribution in [0.2, 0.25) is 0 Å². The van der Waals surface area contributed by atoms with E-state index in [1.165, 1.54) is 12.1 Å². The van der Waals surface area contributed by atoms with Crippen LogP contribution in [0.4, 0.5) is 21.7 Å².